The maximum absolute atomic E-state index is 11.7. The van der Waals surface area contributed by atoms with E-state index in [1.807, 2.05) is 0 Å². The van der Waals surface area contributed by atoms with Gasteiger partial charge in [0.25, 0.3) is 0 Å². The van der Waals surface area contributed by atoms with E-state index in [1.165, 1.54) is 0 Å². The number of aliphatic carboxylic acids is 1. The number of carboxylic acids is 1. The first-order valence-corrected chi connectivity index (χ1v) is 8.69. The Labute approximate surface area is 151 Å². The predicted molar refractivity (Wildman–Crippen MR) is 88.1 cm³/mol. The first kappa shape index (κ1) is 21.8. The Morgan fingerprint density at radius 1 is 1.15 bits per heavy atom. The summed E-state index contributed by atoms with van der Waals surface area (Å²) in [5.74, 6) is -3.15. The molecule has 0 unspecified atom stereocenters. The molecule has 3 N–H and O–H groups in total. The topological polar surface area (TPSA) is 140 Å². The van der Waals surface area contributed by atoms with Crippen LogP contribution >= 0.6 is 0 Å². The van der Waals surface area contributed by atoms with Gasteiger partial charge in [0.1, 0.15) is 12.7 Å². The lowest BCUT2D eigenvalue weighted by Crippen LogP contribution is -2.34. The van der Waals surface area contributed by atoms with Crippen molar-refractivity contribution in [2.24, 2.45) is 0 Å². The fraction of sp³-hybridized carbons (Fsp3) is 0.706. The van der Waals surface area contributed by atoms with Gasteiger partial charge in [0, 0.05) is 12.8 Å². The van der Waals surface area contributed by atoms with Crippen molar-refractivity contribution < 1.29 is 43.9 Å². The fourth-order valence-corrected chi connectivity index (χ4v) is 2.43. The van der Waals surface area contributed by atoms with E-state index in [4.69, 9.17) is 19.3 Å². The number of hydrogen-bond acceptors (Lipinski definition) is 8. The van der Waals surface area contributed by atoms with E-state index >= 15 is 0 Å². The maximum Gasteiger partial charge on any atom is 0.378 e. The molecule has 0 radical (unpaired) electrons. The zero-order chi connectivity index (χ0) is 19.5. The molecular formula is C17H26O9. The van der Waals surface area contributed by atoms with Crippen molar-refractivity contribution in [3.8, 4) is 0 Å². The smallest absolute Gasteiger partial charge is 0.378 e. The molecule has 0 aliphatic carbocycles. The van der Waals surface area contributed by atoms with Gasteiger partial charge in [-0.25, -0.2) is 4.79 Å². The van der Waals surface area contributed by atoms with E-state index < -0.39 is 35.9 Å². The monoisotopic (exact) mass is 374 g/mol. The second-order valence-corrected chi connectivity index (χ2v) is 5.88. The van der Waals surface area contributed by atoms with Crippen LogP contribution in [0.25, 0.3) is 0 Å². The Bertz CT molecular complexity index is 526. The highest BCUT2D eigenvalue weighted by atomic mass is 16.6. The summed E-state index contributed by atoms with van der Waals surface area (Å²) in [6.45, 7) is 1.43. The van der Waals surface area contributed by atoms with Crippen molar-refractivity contribution >= 4 is 17.9 Å². The summed E-state index contributed by atoms with van der Waals surface area (Å²) in [7, 11) is 0. The molecule has 2 atom stereocenters. The second kappa shape index (κ2) is 11.3. The van der Waals surface area contributed by atoms with Gasteiger partial charge in [0.05, 0.1) is 6.61 Å². The molecule has 0 aromatic rings. The minimum Gasteiger partial charge on any atom is -0.499 e. The van der Waals surface area contributed by atoms with Crippen LogP contribution in [0.5, 0.6) is 0 Å². The maximum atomic E-state index is 11.7. The van der Waals surface area contributed by atoms with Crippen LogP contribution in [0.3, 0.4) is 0 Å². The van der Waals surface area contributed by atoms with Crippen LogP contribution in [-0.2, 0) is 28.6 Å². The third kappa shape index (κ3) is 7.30. The van der Waals surface area contributed by atoms with Crippen LogP contribution in [0, 0.1) is 0 Å². The SMILES string of the molecule is CCOC1=C(O)C(=O)O[C@@H]1[C@@H](O)COC(=O)CCCCCCCC(=O)O. The molecule has 1 aliphatic heterocycles. The van der Waals surface area contributed by atoms with Gasteiger partial charge in [-0.15, -0.1) is 0 Å². The number of unbranched alkanes of at least 4 members (excludes halogenated alkanes) is 4. The van der Waals surface area contributed by atoms with Crippen molar-refractivity contribution in [1.82, 2.24) is 0 Å². The number of esters is 2. The van der Waals surface area contributed by atoms with Gasteiger partial charge in [-0.2, -0.15) is 0 Å². The fourth-order valence-electron chi connectivity index (χ4n) is 2.43. The van der Waals surface area contributed by atoms with Crippen molar-refractivity contribution in [1.29, 1.82) is 0 Å². The van der Waals surface area contributed by atoms with Crippen LogP contribution in [0.1, 0.15) is 51.9 Å². The molecule has 0 amide bonds. The number of hydrogen-bond donors (Lipinski definition) is 3. The highest BCUT2D eigenvalue weighted by Gasteiger charge is 2.41. The third-order valence-electron chi connectivity index (χ3n) is 3.76. The normalized spacial score (nSPS) is 17.8. The molecule has 0 saturated heterocycles. The van der Waals surface area contributed by atoms with Crippen LogP contribution in [0.15, 0.2) is 11.5 Å². The molecule has 0 saturated carbocycles. The van der Waals surface area contributed by atoms with E-state index in [0.717, 1.165) is 19.3 Å². The summed E-state index contributed by atoms with van der Waals surface area (Å²) in [6, 6.07) is 0. The van der Waals surface area contributed by atoms with Crippen molar-refractivity contribution in [3.05, 3.63) is 11.5 Å². The first-order valence-electron chi connectivity index (χ1n) is 8.69. The number of carboxylic acid groups (broad SMARTS) is 1. The number of rotatable bonds is 13. The highest BCUT2D eigenvalue weighted by molar-refractivity contribution is 5.89. The number of cyclic esters (lactones) is 1. The zero-order valence-electron chi connectivity index (χ0n) is 14.8. The minimum atomic E-state index is -1.34. The summed E-state index contributed by atoms with van der Waals surface area (Å²) in [6.07, 6.45) is 1.42. The number of aliphatic hydroxyl groups excluding tert-OH is 2. The summed E-state index contributed by atoms with van der Waals surface area (Å²) < 4.78 is 14.9. The predicted octanol–water partition coefficient (Wildman–Crippen LogP) is 1.44. The average Bonchev–Trinajstić information content (AvgIpc) is 2.87. The van der Waals surface area contributed by atoms with Crippen LogP contribution in [-0.4, -0.2) is 58.6 Å². The van der Waals surface area contributed by atoms with Crippen molar-refractivity contribution in [2.45, 2.75) is 64.1 Å². The molecule has 0 fully saturated rings. The molecule has 148 valence electrons. The van der Waals surface area contributed by atoms with Gasteiger partial charge >= 0.3 is 17.9 Å². The number of carbonyl (C=O) groups excluding carboxylic acids is 2. The van der Waals surface area contributed by atoms with Crippen LogP contribution < -0.4 is 0 Å². The first-order chi connectivity index (χ1) is 12.4. The Balaban J connectivity index is 2.22. The van der Waals surface area contributed by atoms with E-state index in [-0.39, 0.29) is 31.8 Å². The lowest BCUT2D eigenvalue weighted by atomic mass is 10.1. The van der Waals surface area contributed by atoms with Crippen molar-refractivity contribution in [3.63, 3.8) is 0 Å². The summed E-state index contributed by atoms with van der Waals surface area (Å²) >= 11 is 0. The lowest BCUT2D eigenvalue weighted by Gasteiger charge is -2.19. The van der Waals surface area contributed by atoms with E-state index in [1.54, 1.807) is 6.92 Å². The number of ether oxygens (including phenoxy) is 3. The molecule has 26 heavy (non-hydrogen) atoms. The molecule has 0 aromatic heterocycles. The summed E-state index contributed by atoms with van der Waals surface area (Å²) in [5, 5.41) is 28.1. The molecule has 9 nitrogen and oxygen atoms in total. The zero-order valence-corrected chi connectivity index (χ0v) is 14.8. The molecule has 0 bridgehead atoms. The molecule has 0 spiro atoms. The standard InChI is InChI=1S/C17H26O9/c1-2-24-16-14(22)17(23)26-15(16)11(18)10-25-13(21)9-7-5-3-4-6-8-12(19)20/h11,15,18,22H,2-10H2,1H3,(H,19,20)/t11-,15+/m0/s1. The van der Waals surface area contributed by atoms with E-state index in [0.29, 0.717) is 12.8 Å². The van der Waals surface area contributed by atoms with Gasteiger partial charge in [0.2, 0.25) is 5.76 Å². The van der Waals surface area contributed by atoms with Crippen molar-refractivity contribution in [2.75, 3.05) is 13.2 Å². The molecule has 1 heterocycles. The van der Waals surface area contributed by atoms with Crippen LogP contribution in [0.4, 0.5) is 0 Å². The van der Waals surface area contributed by atoms with E-state index in [9.17, 15) is 24.6 Å². The summed E-state index contributed by atoms with van der Waals surface area (Å²) in [5.41, 5.74) is 0. The Morgan fingerprint density at radius 2 is 1.77 bits per heavy atom. The van der Waals surface area contributed by atoms with E-state index in [2.05, 4.69) is 0 Å². The largest absolute Gasteiger partial charge is 0.499 e. The number of aliphatic hydroxyl groups is 2. The second-order valence-electron chi connectivity index (χ2n) is 5.88. The lowest BCUT2D eigenvalue weighted by molar-refractivity contribution is -0.155. The highest BCUT2D eigenvalue weighted by Crippen LogP contribution is 2.25. The molecular weight excluding hydrogens is 348 g/mol. The van der Waals surface area contributed by atoms with Crippen LogP contribution in [0.2, 0.25) is 0 Å². The van der Waals surface area contributed by atoms with Gasteiger partial charge in [0.15, 0.2) is 11.9 Å². The Hall–Kier alpha value is -2.29. The molecule has 9 heteroatoms. The Kier molecular flexibility index (Phi) is 9.50. The van der Waals surface area contributed by atoms with Gasteiger partial charge in [-0.1, -0.05) is 19.3 Å². The summed E-state index contributed by atoms with van der Waals surface area (Å²) in [4.78, 5) is 33.4. The Morgan fingerprint density at radius 3 is 2.38 bits per heavy atom. The quantitative estimate of drug-likeness (QED) is 0.322. The minimum absolute atomic E-state index is 0.152. The van der Waals surface area contributed by atoms with Gasteiger partial charge in [-0.3, -0.25) is 9.59 Å². The van der Waals surface area contributed by atoms with Gasteiger partial charge < -0.3 is 29.5 Å². The third-order valence-corrected chi connectivity index (χ3v) is 3.76. The average molecular weight is 374 g/mol. The molecule has 0 aromatic carbocycles. The number of carbonyl (C=O) groups is 3. The molecule has 1 rings (SSSR count). The van der Waals surface area contributed by atoms with Gasteiger partial charge in [-0.05, 0) is 19.8 Å². The molecule has 1 aliphatic rings.